The molecule has 1 rings (SSSR count). The normalized spacial score (nSPS) is 15.0. The summed E-state index contributed by atoms with van der Waals surface area (Å²) in [5, 5.41) is 0.397. The Balaban J connectivity index is 2.90. The number of Topliss-reactive ketones (excluding diaryl/α,β-unsaturated/α-hetero) is 1. The van der Waals surface area contributed by atoms with Gasteiger partial charge in [-0.3, -0.25) is 4.79 Å². The van der Waals surface area contributed by atoms with Crippen LogP contribution >= 0.6 is 38.5 Å². The first-order chi connectivity index (χ1) is 9.93. The van der Waals surface area contributed by atoms with E-state index in [-0.39, 0.29) is 5.78 Å². The van der Waals surface area contributed by atoms with Gasteiger partial charge in [-0.25, -0.2) is 0 Å². The largest absolute Gasteiger partial charge is 0.298 e. The number of ketones is 1. The molecule has 0 aromatic heterocycles. The quantitative estimate of drug-likeness (QED) is 0.290. The third kappa shape index (κ3) is 5.41. The maximum absolute atomic E-state index is 12.5. The Morgan fingerprint density at radius 2 is 2.19 bits per heavy atom. The third-order valence-corrected chi connectivity index (χ3v) is 5.30. The van der Waals surface area contributed by atoms with Gasteiger partial charge >= 0.3 is 0 Å². The summed E-state index contributed by atoms with van der Waals surface area (Å²) in [6.07, 6.45) is 9.05. The summed E-state index contributed by atoms with van der Waals surface area (Å²) in [5.74, 6) is 3.49. The van der Waals surface area contributed by atoms with E-state index in [0.29, 0.717) is 11.2 Å². The second kappa shape index (κ2) is 8.95. The molecule has 0 saturated heterocycles. The van der Waals surface area contributed by atoms with E-state index in [2.05, 4.69) is 76.5 Å². The van der Waals surface area contributed by atoms with Gasteiger partial charge in [-0.1, -0.05) is 35.0 Å². The van der Waals surface area contributed by atoms with Gasteiger partial charge in [-0.2, -0.15) is 0 Å². The molecule has 0 aliphatic carbocycles. The van der Waals surface area contributed by atoms with Gasteiger partial charge in [0.15, 0.2) is 5.78 Å². The number of benzene rings is 1. The Morgan fingerprint density at radius 1 is 1.48 bits per heavy atom. The molecule has 1 aromatic carbocycles. The van der Waals surface area contributed by atoms with Gasteiger partial charge < -0.3 is 0 Å². The van der Waals surface area contributed by atoms with E-state index in [1.54, 1.807) is 0 Å². The van der Waals surface area contributed by atoms with Crippen molar-refractivity contribution in [2.45, 2.75) is 44.9 Å². The minimum Gasteiger partial charge on any atom is -0.298 e. The molecule has 0 aliphatic rings. The number of carbonyl (C=O) groups is 1. The van der Waals surface area contributed by atoms with Crippen LogP contribution in [0.25, 0.3) is 0 Å². The molecule has 0 aliphatic heterocycles. The zero-order chi connectivity index (χ0) is 15.9. The maximum Gasteiger partial charge on any atom is 0.153 e. The van der Waals surface area contributed by atoms with Crippen LogP contribution < -0.4 is 0 Å². The predicted octanol–water partition coefficient (Wildman–Crippen LogP) is 5.34. The lowest BCUT2D eigenvalue weighted by atomic mass is 9.74. The average Bonchev–Trinajstić information content (AvgIpc) is 2.49. The molecule has 0 bridgehead atoms. The van der Waals surface area contributed by atoms with E-state index >= 15 is 0 Å². The first-order valence-corrected chi connectivity index (χ1v) is 9.43. The molecule has 1 aromatic rings. The van der Waals surface area contributed by atoms with Crippen LogP contribution in [0.3, 0.4) is 0 Å². The first-order valence-electron chi connectivity index (χ1n) is 7.22. The van der Waals surface area contributed by atoms with Crippen molar-refractivity contribution < 1.29 is 4.79 Å². The molecule has 2 atom stereocenters. The van der Waals surface area contributed by atoms with Crippen LogP contribution in [0.2, 0.25) is 0 Å². The predicted molar refractivity (Wildman–Crippen MR) is 102 cm³/mol. The van der Waals surface area contributed by atoms with Crippen LogP contribution in [0, 0.1) is 21.8 Å². The SMILES string of the molecule is C#CCCC(C)CCC(C)(C(=O)CBr)c1cccc(I)c1. The highest BCUT2D eigenvalue weighted by Crippen LogP contribution is 2.33. The van der Waals surface area contributed by atoms with Crippen molar-refractivity contribution in [1.29, 1.82) is 0 Å². The molecule has 2 unspecified atom stereocenters. The van der Waals surface area contributed by atoms with Gasteiger partial charge in [0, 0.05) is 9.99 Å². The summed E-state index contributed by atoms with van der Waals surface area (Å²) in [6, 6.07) is 8.26. The van der Waals surface area contributed by atoms with E-state index in [4.69, 9.17) is 6.42 Å². The Hall–Kier alpha value is -0.340. The second-order valence-corrected chi connectivity index (χ2v) is 7.59. The molecule has 21 heavy (non-hydrogen) atoms. The Kier molecular flexibility index (Phi) is 7.97. The van der Waals surface area contributed by atoms with Crippen LogP contribution in [0.15, 0.2) is 24.3 Å². The highest BCUT2D eigenvalue weighted by Gasteiger charge is 2.34. The standard InChI is InChI=1S/C18H22BrIO/c1-4-5-7-14(2)10-11-18(3,17(21)13-19)15-8-6-9-16(20)12-15/h1,6,8-9,12,14H,5,7,10-11,13H2,2-3H3. The van der Waals surface area contributed by atoms with Crippen molar-refractivity contribution in [2.75, 3.05) is 5.33 Å². The fourth-order valence-electron chi connectivity index (χ4n) is 2.43. The zero-order valence-corrected chi connectivity index (χ0v) is 16.4. The molecule has 0 fully saturated rings. The number of rotatable bonds is 8. The number of halogens is 2. The first kappa shape index (κ1) is 18.7. The summed E-state index contributed by atoms with van der Waals surface area (Å²) in [7, 11) is 0. The van der Waals surface area contributed by atoms with E-state index in [0.717, 1.165) is 31.2 Å². The van der Waals surface area contributed by atoms with Crippen molar-refractivity contribution in [3.05, 3.63) is 33.4 Å². The monoisotopic (exact) mass is 460 g/mol. The second-order valence-electron chi connectivity index (χ2n) is 5.79. The van der Waals surface area contributed by atoms with Gasteiger partial charge in [-0.05, 0) is 72.4 Å². The van der Waals surface area contributed by atoms with Crippen LogP contribution in [0.4, 0.5) is 0 Å². The lowest BCUT2D eigenvalue weighted by Crippen LogP contribution is -2.34. The molecular weight excluding hydrogens is 439 g/mol. The Bertz CT molecular complexity index is 520. The number of terminal acetylenes is 1. The topological polar surface area (TPSA) is 17.1 Å². The minimum atomic E-state index is -0.422. The Morgan fingerprint density at radius 3 is 2.76 bits per heavy atom. The lowest BCUT2D eigenvalue weighted by Gasteiger charge is -2.29. The van der Waals surface area contributed by atoms with Gasteiger partial charge in [-0.15, -0.1) is 12.3 Å². The summed E-state index contributed by atoms with van der Waals surface area (Å²) in [6.45, 7) is 4.28. The fourth-order valence-corrected chi connectivity index (χ4v) is 3.59. The molecule has 0 saturated carbocycles. The zero-order valence-electron chi connectivity index (χ0n) is 12.7. The van der Waals surface area contributed by atoms with Crippen LogP contribution in [0.1, 0.15) is 45.1 Å². The molecule has 114 valence electrons. The van der Waals surface area contributed by atoms with Crippen LogP contribution in [0.5, 0.6) is 0 Å². The molecule has 0 N–H and O–H groups in total. The smallest absolute Gasteiger partial charge is 0.153 e. The number of hydrogen-bond donors (Lipinski definition) is 0. The van der Waals surface area contributed by atoms with Gasteiger partial charge in [0.1, 0.15) is 0 Å². The third-order valence-electron chi connectivity index (χ3n) is 4.12. The summed E-state index contributed by atoms with van der Waals surface area (Å²) in [5.41, 5.74) is 0.692. The highest BCUT2D eigenvalue weighted by atomic mass is 127. The van der Waals surface area contributed by atoms with Crippen LogP contribution in [-0.2, 0) is 10.2 Å². The van der Waals surface area contributed by atoms with Crippen molar-refractivity contribution in [1.82, 2.24) is 0 Å². The van der Waals surface area contributed by atoms with Gasteiger partial charge in [0.25, 0.3) is 0 Å². The summed E-state index contributed by atoms with van der Waals surface area (Å²) < 4.78 is 1.17. The van der Waals surface area contributed by atoms with Crippen LogP contribution in [-0.4, -0.2) is 11.1 Å². The lowest BCUT2D eigenvalue weighted by molar-refractivity contribution is -0.121. The molecule has 0 amide bonds. The summed E-state index contributed by atoms with van der Waals surface area (Å²) >= 11 is 5.63. The van der Waals surface area contributed by atoms with Gasteiger partial charge in [0.05, 0.1) is 10.7 Å². The van der Waals surface area contributed by atoms with Gasteiger partial charge in [0.2, 0.25) is 0 Å². The Labute approximate surface area is 150 Å². The number of hydrogen-bond acceptors (Lipinski definition) is 1. The molecule has 3 heteroatoms. The van der Waals surface area contributed by atoms with E-state index < -0.39 is 5.41 Å². The van der Waals surface area contributed by atoms with Crippen molar-refractivity contribution >= 4 is 44.3 Å². The highest BCUT2D eigenvalue weighted by molar-refractivity contribution is 14.1. The minimum absolute atomic E-state index is 0.244. The van der Waals surface area contributed by atoms with Crippen molar-refractivity contribution in [3.8, 4) is 12.3 Å². The van der Waals surface area contributed by atoms with Crippen molar-refractivity contribution in [3.63, 3.8) is 0 Å². The molecule has 0 spiro atoms. The average molecular weight is 461 g/mol. The van der Waals surface area contributed by atoms with E-state index in [1.165, 1.54) is 3.57 Å². The number of alkyl halides is 1. The van der Waals surface area contributed by atoms with E-state index in [1.807, 2.05) is 6.07 Å². The molecule has 0 radical (unpaired) electrons. The van der Waals surface area contributed by atoms with Crippen molar-refractivity contribution in [2.24, 2.45) is 5.92 Å². The molecule has 0 heterocycles. The van der Waals surface area contributed by atoms with E-state index in [9.17, 15) is 4.79 Å². The summed E-state index contributed by atoms with van der Waals surface area (Å²) in [4.78, 5) is 12.5. The molecular formula is C18H22BrIO. The number of carbonyl (C=O) groups excluding carboxylic acids is 1. The fraction of sp³-hybridized carbons (Fsp3) is 0.500. The maximum atomic E-state index is 12.5. The molecule has 1 nitrogen and oxygen atoms in total.